The number of carbonyl (C=O) groups is 2. The Balaban J connectivity index is 1.75. The van der Waals surface area contributed by atoms with Crippen LogP contribution >= 0.6 is 0 Å². The fraction of sp³-hybridized carbons (Fsp3) is 0.500. The van der Waals surface area contributed by atoms with Crippen LogP contribution in [0.4, 0.5) is 5.82 Å². The lowest BCUT2D eigenvalue weighted by molar-refractivity contribution is -0.123. The van der Waals surface area contributed by atoms with Crippen molar-refractivity contribution >= 4 is 17.6 Å². The van der Waals surface area contributed by atoms with Crippen molar-refractivity contribution < 1.29 is 9.59 Å². The summed E-state index contributed by atoms with van der Waals surface area (Å²) in [5.74, 6) is 0.685. The lowest BCUT2D eigenvalue weighted by atomic mass is 10.1. The summed E-state index contributed by atoms with van der Waals surface area (Å²) in [6.45, 7) is 8.65. The van der Waals surface area contributed by atoms with Crippen LogP contribution in [0, 0.1) is 17.3 Å². The minimum absolute atomic E-state index is 0.00241. The molecule has 5 heteroatoms. The van der Waals surface area contributed by atoms with E-state index in [0.29, 0.717) is 12.4 Å². The Hall–Kier alpha value is -2.17. The maximum atomic E-state index is 12.3. The number of pyridine rings is 1. The minimum Gasteiger partial charge on any atom is -0.355 e. The van der Waals surface area contributed by atoms with E-state index in [1.54, 1.807) is 18.3 Å². The van der Waals surface area contributed by atoms with Crippen molar-refractivity contribution in [2.24, 2.45) is 17.3 Å². The van der Waals surface area contributed by atoms with Gasteiger partial charge in [0.1, 0.15) is 5.82 Å². The number of aromatic nitrogens is 1. The number of carbonyl (C=O) groups excluding carboxylic acids is 2. The number of rotatable bonds is 6. The molecule has 0 aliphatic heterocycles. The molecular weight excluding hydrogens is 290 g/mol. The molecule has 1 aliphatic carbocycles. The van der Waals surface area contributed by atoms with Gasteiger partial charge < -0.3 is 10.6 Å². The lowest BCUT2D eigenvalue weighted by Gasteiger charge is -2.07. The Morgan fingerprint density at radius 3 is 2.65 bits per heavy atom. The highest BCUT2D eigenvalue weighted by Crippen LogP contribution is 2.59. The van der Waals surface area contributed by atoms with Crippen molar-refractivity contribution in [1.82, 2.24) is 10.3 Å². The van der Waals surface area contributed by atoms with Gasteiger partial charge in [-0.2, -0.15) is 0 Å². The first-order chi connectivity index (χ1) is 10.8. The van der Waals surface area contributed by atoms with Crippen LogP contribution in [0.25, 0.3) is 0 Å². The van der Waals surface area contributed by atoms with E-state index < -0.39 is 0 Å². The van der Waals surface area contributed by atoms with E-state index in [-0.39, 0.29) is 35.5 Å². The van der Waals surface area contributed by atoms with Crippen LogP contribution < -0.4 is 10.6 Å². The van der Waals surface area contributed by atoms with Gasteiger partial charge in [-0.1, -0.05) is 31.6 Å². The summed E-state index contributed by atoms with van der Waals surface area (Å²) in [6, 6.07) is 5.33. The van der Waals surface area contributed by atoms with Crippen LogP contribution in [0.2, 0.25) is 0 Å². The van der Waals surface area contributed by atoms with Gasteiger partial charge in [0.05, 0.1) is 5.92 Å². The average molecular weight is 315 g/mol. The molecule has 2 atom stereocenters. The first-order valence-corrected chi connectivity index (χ1v) is 7.96. The second kappa shape index (κ2) is 6.94. The molecule has 1 heterocycles. The van der Waals surface area contributed by atoms with Gasteiger partial charge >= 0.3 is 0 Å². The summed E-state index contributed by atoms with van der Waals surface area (Å²) >= 11 is 0. The van der Waals surface area contributed by atoms with Crippen molar-refractivity contribution in [1.29, 1.82) is 0 Å². The molecule has 124 valence electrons. The number of hydrogen-bond donors (Lipinski definition) is 2. The van der Waals surface area contributed by atoms with E-state index in [1.807, 2.05) is 19.9 Å². The van der Waals surface area contributed by atoms with Gasteiger partial charge in [-0.05, 0) is 37.3 Å². The second-order valence-corrected chi connectivity index (χ2v) is 6.87. The summed E-state index contributed by atoms with van der Waals surface area (Å²) in [5.41, 5.74) is 1.23. The monoisotopic (exact) mass is 315 g/mol. The highest BCUT2D eigenvalue weighted by molar-refractivity contribution is 5.90. The molecule has 2 rings (SSSR count). The standard InChI is InChI=1S/C18H25N3O2/c1-12(2)11-13-16(18(13,3)4)17(23)20-10-8-15(22)21-14-7-5-6-9-19-14/h5-7,9,11,13,16H,8,10H2,1-4H3,(H,20,23)(H,19,21,22)/t13-,16-/m0/s1. The zero-order chi connectivity index (χ0) is 17.0. The molecule has 0 spiro atoms. The van der Waals surface area contributed by atoms with Crippen LogP contribution in [0.15, 0.2) is 36.0 Å². The normalized spacial score (nSPS) is 21.2. The topological polar surface area (TPSA) is 71.1 Å². The molecule has 0 aromatic carbocycles. The molecule has 0 saturated heterocycles. The van der Waals surface area contributed by atoms with E-state index in [0.717, 1.165) is 0 Å². The highest BCUT2D eigenvalue weighted by Gasteiger charge is 2.60. The van der Waals surface area contributed by atoms with Crippen molar-refractivity contribution in [2.45, 2.75) is 34.1 Å². The molecule has 1 aromatic rings. The summed E-state index contributed by atoms with van der Waals surface area (Å²) < 4.78 is 0. The SMILES string of the molecule is CC(C)=C[C@H]1[C@@H](C(=O)NCCC(=O)Nc2ccccn2)C1(C)C. The third-order valence-electron chi connectivity index (χ3n) is 4.29. The molecule has 1 aromatic heterocycles. The molecule has 0 bridgehead atoms. The molecule has 1 aliphatic rings. The molecule has 5 nitrogen and oxygen atoms in total. The predicted octanol–water partition coefficient (Wildman–Crippen LogP) is 2.76. The van der Waals surface area contributed by atoms with Gasteiger partial charge in [0.2, 0.25) is 11.8 Å². The van der Waals surface area contributed by atoms with E-state index in [2.05, 4.69) is 35.5 Å². The lowest BCUT2D eigenvalue weighted by Crippen LogP contribution is -2.30. The highest BCUT2D eigenvalue weighted by atomic mass is 16.2. The van der Waals surface area contributed by atoms with Crippen LogP contribution in [0.3, 0.4) is 0 Å². The van der Waals surface area contributed by atoms with Crippen molar-refractivity contribution in [3.05, 3.63) is 36.0 Å². The van der Waals surface area contributed by atoms with Crippen molar-refractivity contribution in [2.75, 3.05) is 11.9 Å². The Morgan fingerprint density at radius 1 is 1.30 bits per heavy atom. The maximum Gasteiger partial charge on any atom is 0.227 e. The minimum atomic E-state index is -0.153. The van der Waals surface area contributed by atoms with Crippen LogP contribution in [0.1, 0.15) is 34.1 Å². The molecule has 2 amide bonds. The molecule has 0 unspecified atom stereocenters. The van der Waals surface area contributed by atoms with Crippen molar-refractivity contribution in [3.63, 3.8) is 0 Å². The van der Waals surface area contributed by atoms with Crippen LogP contribution in [-0.2, 0) is 9.59 Å². The van der Waals surface area contributed by atoms with Gasteiger partial charge in [-0.15, -0.1) is 0 Å². The van der Waals surface area contributed by atoms with Gasteiger partial charge in [-0.3, -0.25) is 9.59 Å². The molecule has 1 saturated carbocycles. The zero-order valence-electron chi connectivity index (χ0n) is 14.2. The van der Waals surface area contributed by atoms with E-state index >= 15 is 0 Å². The smallest absolute Gasteiger partial charge is 0.227 e. The number of nitrogens with one attached hydrogen (secondary N) is 2. The third-order valence-corrected chi connectivity index (χ3v) is 4.29. The third kappa shape index (κ3) is 4.41. The maximum absolute atomic E-state index is 12.3. The first-order valence-electron chi connectivity index (χ1n) is 7.96. The van der Waals surface area contributed by atoms with E-state index in [9.17, 15) is 9.59 Å². The number of hydrogen-bond acceptors (Lipinski definition) is 3. The number of nitrogens with zero attached hydrogens (tertiary/aromatic N) is 1. The molecule has 23 heavy (non-hydrogen) atoms. The van der Waals surface area contributed by atoms with Gasteiger partial charge in [0.15, 0.2) is 0 Å². The van der Waals surface area contributed by atoms with E-state index in [4.69, 9.17) is 0 Å². The van der Waals surface area contributed by atoms with E-state index in [1.165, 1.54) is 5.57 Å². The number of amides is 2. The summed E-state index contributed by atoms with van der Waals surface area (Å²) in [7, 11) is 0. The van der Waals surface area contributed by atoms with Gasteiger partial charge in [0, 0.05) is 19.2 Å². The molecule has 2 N–H and O–H groups in total. The first kappa shape index (κ1) is 17.2. The van der Waals surface area contributed by atoms with Gasteiger partial charge in [-0.25, -0.2) is 4.98 Å². The average Bonchev–Trinajstić information content (AvgIpc) is 3.00. The summed E-state index contributed by atoms with van der Waals surface area (Å²) in [5, 5.41) is 5.57. The summed E-state index contributed by atoms with van der Waals surface area (Å²) in [6.07, 6.45) is 4.02. The number of anilines is 1. The fourth-order valence-electron chi connectivity index (χ4n) is 2.90. The Labute approximate surface area is 137 Å². The zero-order valence-corrected chi connectivity index (χ0v) is 14.2. The molecular formula is C18H25N3O2. The predicted molar refractivity (Wildman–Crippen MR) is 90.7 cm³/mol. The Morgan fingerprint density at radius 2 is 2.04 bits per heavy atom. The molecule has 1 fully saturated rings. The number of allylic oxidation sites excluding steroid dienone is 2. The van der Waals surface area contributed by atoms with Crippen LogP contribution in [-0.4, -0.2) is 23.3 Å². The second-order valence-electron chi connectivity index (χ2n) is 6.87. The quantitative estimate of drug-likeness (QED) is 0.793. The largest absolute Gasteiger partial charge is 0.355 e. The fourth-order valence-corrected chi connectivity index (χ4v) is 2.90. The molecule has 0 radical (unpaired) electrons. The van der Waals surface area contributed by atoms with Gasteiger partial charge in [0.25, 0.3) is 0 Å². The summed E-state index contributed by atoms with van der Waals surface area (Å²) in [4.78, 5) is 28.1. The Bertz CT molecular complexity index is 604. The Kier molecular flexibility index (Phi) is 5.19. The van der Waals surface area contributed by atoms with Crippen molar-refractivity contribution in [3.8, 4) is 0 Å². The van der Waals surface area contributed by atoms with Crippen LogP contribution in [0.5, 0.6) is 0 Å².